The SMILES string of the molecule is NC(C1CC1)C(CO)OCc1ccccc1. The van der Waals surface area contributed by atoms with Gasteiger partial charge in [-0.3, -0.25) is 0 Å². The predicted octanol–water partition coefficient (Wildman–Crippen LogP) is 1.30. The highest BCUT2D eigenvalue weighted by atomic mass is 16.5. The number of rotatable bonds is 6. The first kappa shape index (κ1) is 11.6. The lowest BCUT2D eigenvalue weighted by Crippen LogP contribution is -2.41. The number of ether oxygens (including phenoxy) is 1. The summed E-state index contributed by atoms with van der Waals surface area (Å²) in [5.74, 6) is 0.549. The number of aliphatic hydroxyl groups is 1. The van der Waals surface area contributed by atoms with Crippen LogP contribution >= 0.6 is 0 Å². The lowest BCUT2D eigenvalue weighted by atomic mass is 10.1. The molecule has 1 aromatic rings. The van der Waals surface area contributed by atoms with Gasteiger partial charge in [0.15, 0.2) is 0 Å². The smallest absolute Gasteiger partial charge is 0.0963 e. The van der Waals surface area contributed by atoms with Crippen molar-refractivity contribution in [3.63, 3.8) is 0 Å². The molecule has 1 fully saturated rings. The zero-order valence-electron chi connectivity index (χ0n) is 9.38. The van der Waals surface area contributed by atoms with Crippen molar-refractivity contribution in [1.82, 2.24) is 0 Å². The van der Waals surface area contributed by atoms with Crippen molar-refractivity contribution in [1.29, 1.82) is 0 Å². The van der Waals surface area contributed by atoms with Crippen LogP contribution in [0.1, 0.15) is 18.4 Å². The molecule has 1 aromatic carbocycles. The van der Waals surface area contributed by atoms with E-state index in [1.54, 1.807) is 0 Å². The zero-order chi connectivity index (χ0) is 11.4. The summed E-state index contributed by atoms with van der Waals surface area (Å²) in [6.45, 7) is 0.525. The maximum atomic E-state index is 9.25. The van der Waals surface area contributed by atoms with E-state index in [0.717, 1.165) is 5.56 Å². The Bertz CT molecular complexity index is 311. The Morgan fingerprint density at radius 1 is 1.31 bits per heavy atom. The standard InChI is InChI=1S/C13H19NO2/c14-13(11-6-7-11)12(8-15)16-9-10-4-2-1-3-5-10/h1-5,11-13,15H,6-9,14H2. The summed E-state index contributed by atoms with van der Waals surface area (Å²) in [4.78, 5) is 0. The topological polar surface area (TPSA) is 55.5 Å². The minimum Gasteiger partial charge on any atom is -0.394 e. The molecular weight excluding hydrogens is 202 g/mol. The van der Waals surface area contributed by atoms with Gasteiger partial charge in [0.25, 0.3) is 0 Å². The van der Waals surface area contributed by atoms with Gasteiger partial charge in [0, 0.05) is 6.04 Å². The predicted molar refractivity (Wildman–Crippen MR) is 62.8 cm³/mol. The van der Waals surface area contributed by atoms with Gasteiger partial charge in [0.05, 0.1) is 19.3 Å². The van der Waals surface area contributed by atoms with E-state index in [1.165, 1.54) is 12.8 Å². The van der Waals surface area contributed by atoms with E-state index in [0.29, 0.717) is 12.5 Å². The van der Waals surface area contributed by atoms with Crippen molar-refractivity contribution in [3.05, 3.63) is 35.9 Å². The van der Waals surface area contributed by atoms with Crippen molar-refractivity contribution in [2.75, 3.05) is 6.61 Å². The lowest BCUT2D eigenvalue weighted by Gasteiger charge is -2.22. The van der Waals surface area contributed by atoms with Gasteiger partial charge in [0.1, 0.15) is 0 Å². The molecule has 0 aliphatic heterocycles. The molecule has 0 spiro atoms. The van der Waals surface area contributed by atoms with Crippen molar-refractivity contribution in [2.24, 2.45) is 11.7 Å². The molecule has 0 radical (unpaired) electrons. The molecule has 0 heterocycles. The molecule has 3 N–H and O–H groups in total. The van der Waals surface area contributed by atoms with E-state index < -0.39 is 0 Å². The molecule has 3 nitrogen and oxygen atoms in total. The molecule has 0 amide bonds. The number of hydrogen-bond acceptors (Lipinski definition) is 3. The number of aliphatic hydroxyl groups excluding tert-OH is 1. The highest BCUT2D eigenvalue weighted by Crippen LogP contribution is 2.33. The Hall–Kier alpha value is -0.900. The number of benzene rings is 1. The minimum atomic E-state index is -0.229. The maximum Gasteiger partial charge on any atom is 0.0963 e. The van der Waals surface area contributed by atoms with Gasteiger partial charge in [0.2, 0.25) is 0 Å². The van der Waals surface area contributed by atoms with Crippen LogP contribution in [0.5, 0.6) is 0 Å². The molecule has 2 rings (SSSR count). The molecule has 16 heavy (non-hydrogen) atoms. The van der Waals surface area contributed by atoms with Crippen molar-refractivity contribution >= 4 is 0 Å². The third-order valence-corrected chi connectivity index (χ3v) is 3.08. The average molecular weight is 221 g/mol. The van der Waals surface area contributed by atoms with E-state index in [9.17, 15) is 5.11 Å². The first-order chi connectivity index (χ1) is 7.81. The van der Waals surface area contributed by atoms with Gasteiger partial charge in [-0.25, -0.2) is 0 Å². The van der Waals surface area contributed by atoms with E-state index in [4.69, 9.17) is 10.5 Å². The Kier molecular flexibility index (Phi) is 3.93. The first-order valence-electron chi connectivity index (χ1n) is 5.83. The molecule has 0 aromatic heterocycles. The van der Waals surface area contributed by atoms with Crippen LogP contribution < -0.4 is 5.73 Å². The normalized spacial score (nSPS) is 19.4. The van der Waals surface area contributed by atoms with Gasteiger partial charge < -0.3 is 15.6 Å². The second-order valence-corrected chi connectivity index (χ2v) is 4.43. The van der Waals surface area contributed by atoms with E-state index >= 15 is 0 Å². The van der Waals surface area contributed by atoms with Crippen LogP contribution in [0.4, 0.5) is 0 Å². The van der Waals surface area contributed by atoms with Crippen LogP contribution in [0.2, 0.25) is 0 Å². The van der Waals surface area contributed by atoms with Crippen LogP contribution in [0, 0.1) is 5.92 Å². The van der Waals surface area contributed by atoms with Crippen molar-refractivity contribution in [3.8, 4) is 0 Å². The number of nitrogens with two attached hydrogens (primary N) is 1. The Labute approximate surface area is 96.2 Å². The minimum absolute atomic E-state index is 0.00446. The van der Waals surface area contributed by atoms with E-state index in [1.807, 2.05) is 30.3 Å². The molecule has 1 aliphatic carbocycles. The molecule has 2 atom stereocenters. The molecule has 88 valence electrons. The van der Waals surface area contributed by atoms with E-state index in [-0.39, 0.29) is 18.8 Å². The van der Waals surface area contributed by atoms with Crippen LogP contribution in [-0.4, -0.2) is 23.9 Å². The second kappa shape index (κ2) is 5.43. The third-order valence-electron chi connectivity index (χ3n) is 3.08. The van der Waals surface area contributed by atoms with Gasteiger partial charge in [-0.1, -0.05) is 30.3 Å². The van der Waals surface area contributed by atoms with E-state index in [2.05, 4.69) is 0 Å². The van der Waals surface area contributed by atoms with Crippen LogP contribution in [-0.2, 0) is 11.3 Å². The van der Waals surface area contributed by atoms with Crippen molar-refractivity contribution in [2.45, 2.75) is 31.6 Å². The molecule has 2 unspecified atom stereocenters. The maximum absolute atomic E-state index is 9.25. The van der Waals surface area contributed by atoms with Gasteiger partial charge >= 0.3 is 0 Å². The fourth-order valence-electron chi connectivity index (χ4n) is 1.85. The summed E-state index contributed by atoms with van der Waals surface area (Å²) in [5.41, 5.74) is 7.13. The Morgan fingerprint density at radius 3 is 2.56 bits per heavy atom. The summed E-state index contributed by atoms with van der Waals surface area (Å²) in [6, 6.07) is 9.94. The second-order valence-electron chi connectivity index (χ2n) is 4.43. The third kappa shape index (κ3) is 3.04. The fraction of sp³-hybridized carbons (Fsp3) is 0.538. The molecule has 0 saturated heterocycles. The van der Waals surface area contributed by atoms with Gasteiger partial charge in [-0.2, -0.15) is 0 Å². The molecule has 3 heteroatoms. The Balaban J connectivity index is 1.82. The van der Waals surface area contributed by atoms with Gasteiger partial charge in [-0.05, 0) is 24.3 Å². The Morgan fingerprint density at radius 2 is 2.00 bits per heavy atom. The van der Waals surface area contributed by atoms with Gasteiger partial charge in [-0.15, -0.1) is 0 Å². The summed E-state index contributed by atoms with van der Waals surface area (Å²) >= 11 is 0. The van der Waals surface area contributed by atoms with Crippen LogP contribution in [0.3, 0.4) is 0 Å². The number of hydrogen-bond donors (Lipinski definition) is 2. The quantitative estimate of drug-likeness (QED) is 0.761. The molecule has 1 saturated carbocycles. The first-order valence-corrected chi connectivity index (χ1v) is 5.83. The largest absolute Gasteiger partial charge is 0.394 e. The molecule has 1 aliphatic rings. The summed E-state index contributed by atoms with van der Waals surface area (Å²) < 4.78 is 5.67. The zero-order valence-corrected chi connectivity index (χ0v) is 9.38. The molecular formula is C13H19NO2. The fourth-order valence-corrected chi connectivity index (χ4v) is 1.85. The van der Waals surface area contributed by atoms with Crippen molar-refractivity contribution < 1.29 is 9.84 Å². The highest BCUT2D eigenvalue weighted by Gasteiger charge is 2.34. The summed E-state index contributed by atoms with van der Waals surface area (Å²) in [5, 5.41) is 9.25. The van der Waals surface area contributed by atoms with Crippen LogP contribution in [0.25, 0.3) is 0 Å². The molecule has 0 bridgehead atoms. The van der Waals surface area contributed by atoms with Crippen LogP contribution in [0.15, 0.2) is 30.3 Å². The average Bonchev–Trinajstić information content (AvgIpc) is 3.15. The summed E-state index contributed by atoms with van der Waals surface area (Å²) in [6.07, 6.45) is 2.12. The monoisotopic (exact) mass is 221 g/mol. The lowest BCUT2D eigenvalue weighted by molar-refractivity contribution is -0.0163. The summed E-state index contributed by atoms with van der Waals surface area (Å²) in [7, 11) is 0. The highest BCUT2D eigenvalue weighted by molar-refractivity contribution is 5.13.